The molecule has 26 heavy (non-hydrogen) atoms. The molecule has 7 heteroatoms. The fourth-order valence-corrected chi connectivity index (χ4v) is 2.88. The van der Waals surface area contributed by atoms with E-state index in [9.17, 15) is 18.4 Å². The van der Waals surface area contributed by atoms with Gasteiger partial charge in [0.25, 0.3) is 11.8 Å². The van der Waals surface area contributed by atoms with E-state index in [4.69, 9.17) is 16.3 Å². The predicted octanol–water partition coefficient (Wildman–Crippen LogP) is 4.28. The zero-order valence-corrected chi connectivity index (χ0v) is 14.7. The largest absolute Gasteiger partial charge is 0.491 e. The third-order valence-electron chi connectivity index (χ3n) is 3.69. The van der Waals surface area contributed by atoms with E-state index in [0.717, 1.165) is 18.2 Å². The van der Waals surface area contributed by atoms with Crippen LogP contribution in [0, 0.1) is 11.6 Å². The van der Waals surface area contributed by atoms with Crippen molar-refractivity contribution in [2.75, 3.05) is 4.90 Å². The van der Waals surface area contributed by atoms with E-state index < -0.39 is 29.1 Å². The molecule has 2 amide bonds. The topological polar surface area (TPSA) is 46.6 Å². The minimum Gasteiger partial charge on any atom is -0.491 e. The zero-order chi connectivity index (χ0) is 19.0. The van der Waals surface area contributed by atoms with E-state index in [-0.39, 0.29) is 16.7 Å². The van der Waals surface area contributed by atoms with Crippen LogP contribution in [-0.2, 0) is 9.59 Å². The van der Waals surface area contributed by atoms with Gasteiger partial charge in [-0.1, -0.05) is 23.7 Å². The van der Waals surface area contributed by atoms with Crippen molar-refractivity contribution < 1.29 is 23.1 Å². The molecule has 0 radical (unpaired) electrons. The molecule has 0 saturated carbocycles. The number of carbonyl (C=O) groups excluding carboxylic acids is 2. The maximum atomic E-state index is 14.0. The lowest BCUT2D eigenvalue weighted by Gasteiger charge is -2.16. The summed E-state index contributed by atoms with van der Waals surface area (Å²) in [6, 6.07) is 8.93. The van der Waals surface area contributed by atoms with Gasteiger partial charge in [-0.25, -0.2) is 13.7 Å². The average molecular weight is 378 g/mol. The molecule has 134 valence electrons. The zero-order valence-electron chi connectivity index (χ0n) is 13.9. The minimum atomic E-state index is -0.904. The molecule has 0 aromatic heterocycles. The molecule has 1 heterocycles. The SMILES string of the molecule is CC(C)Oc1ccc(C2=C(Cl)C(=O)N(c3cc(F)ccc3F)C2=O)cc1. The molecule has 1 aliphatic heterocycles. The van der Waals surface area contributed by atoms with Crippen molar-refractivity contribution in [3.8, 4) is 5.75 Å². The van der Waals surface area contributed by atoms with Crippen molar-refractivity contribution in [2.45, 2.75) is 20.0 Å². The summed E-state index contributed by atoms with van der Waals surface area (Å²) >= 11 is 6.04. The molecule has 0 N–H and O–H groups in total. The smallest absolute Gasteiger partial charge is 0.277 e. The number of ether oxygens (including phenoxy) is 1. The predicted molar refractivity (Wildman–Crippen MR) is 93.8 cm³/mol. The van der Waals surface area contributed by atoms with Gasteiger partial charge in [-0.15, -0.1) is 0 Å². The Morgan fingerprint density at radius 2 is 1.65 bits per heavy atom. The number of amides is 2. The summed E-state index contributed by atoms with van der Waals surface area (Å²) in [7, 11) is 0. The maximum Gasteiger partial charge on any atom is 0.277 e. The number of halogens is 3. The third kappa shape index (κ3) is 3.20. The summed E-state index contributed by atoms with van der Waals surface area (Å²) in [6.45, 7) is 3.75. The van der Waals surface area contributed by atoms with Crippen LogP contribution in [0.2, 0.25) is 0 Å². The number of benzene rings is 2. The van der Waals surface area contributed by atoms with Gasteiger partial charge in [0, 0.05) is 6.07 Å². The summed E-state index contributed by atoms with van der Waals surface area (Å²) in [5.74, 6) is -2.81. The van der Waals surface area contributed by atoms with Crippen LogP contribution in [0.1, 0.15) is 19.4 Å². The van der Waals surface area contributed by atoms with Crippen LogP contribution in [0.25, 0.3) is 5.57 Å². The Bertz CT molecular complexity index is 923. The second-order valence-electron chi connectivity index (χ2n) is 5.92. The Morgan fingerprint density at radius 1 is 1.00 bits per heavy atom. The number of nitrogens with zero attached hydrogens (tertiary/aromatic N) is 1. The quantitative estimate of drug-likeness (QED) is 0.747. The van der Waals surface area contributed by atoms with Gasteiger partial charge in [0.15, 0.2) is 0 Å². The van der Waals surface area contributed by atoms with Crippen molar-refractivity contribution in [3.05, 3.63) is 64.7 Å². The van der Waals surface area contributed by atoms with Crippen LogP contribution in [0.5, 0.6) is 5.75 Å². The van der Waals surface area contributed by atoms with Crippen LogP contribution in [0.15, 0.2) is 47.5 Å². The highest BCUT2D eigenvalue weighted by molar-refractivity contribution is 6.60. The highest BCUT2D eigenvalue weighted by Crippen LogP contribution is 2.36. The van der Waals surface area contributed by atoms with Gasteiger partial charge < -0.3 is 4.74 Å². The molecule has 1 aliphatic rings. The molecule has 2 aromatic carbocycles. The molecule has 0 fully saturated rings. The van der Waals surface area contributed by atoms with E-state index in [1.165, 1.54) is 0 Å². The summed E-state index contributed by atoms with van der Waals surface area (Å²) < 4.78 is 33.0. The Hall–Kier alpha value is -2.73. The van der Waals surface area contributed by atoms with Crippen LogP contribution < -0.4 is 9.64 Å². The minimum absolute atomic E-state index is 0.0233. The molecule has 0 atom stereocenters. The number of imide groups is 1. The van der Waals surface area contributed by atoms with E-state index in [1.54, 1.807) is 24.3 Å². The van der Waals surface area contributed by atoms with Crippen molar-refractivity contribution in [3.63, 3.8) is 0 Å². The maximum absolute atomic E-state index is 14.0. The number of hydrogen-bond donors (Lipinski definition) is 0. The van der Waals surface area contributed by atoms with E-state index in [0.29, 0.717) is 16.2 Å². The first-order valence-electron chi connectivity index (χ1n) is 7.80. The van der Waals surface area contributed by atoms with Gasteiger partial charge in [-0.3, -0.25) is 9.59 Å². The van der Waals surface area contributed by atoms with Crippen molar-refractivity contribution in [2.24, 2.45) is 0 Å². The monoisotopic (exact) mass is 377 g/mol. The molecule has 0 bridgehead atoms. The molecule has 3 rings (SSSR count). The normalized spacial score (nSPS) is 14.6. The first-order chi connectivity index (χ1) is 12.3. The van der Waals surface area contributed by atoms with E-state index in [2.05, 4.69) is 0 Å². The van der Waals surface area contributed by atoms with Crippen LogP contribution in [0.4, 0.5) is 14.5 Å². The highest BCUT2D eigenvalue weighted by Gasteiger charge is 2.40. The number of carbonyl (C=O) groups is 2. The first kappa shape index (κ1) is 18.1. The number of rotatable bonds is 4. The third-order valence-corrected chi connectivity index (χ3v) is 4.04. The van der Waals surface area contributed by atoms with Crippen LogP contribution in [0.3, 0.4) is 0 Å². The summed E-state index contributed by atoms with van der Waals surface area (Å²) in [4.78, 5) is 25.6. The van der Waals surface area contributed by atoms with Gasteiger partial charge in [0.05, 0.1) is 17.4 Å². The molecular weight excluding hydrogens is 364 g/mol. The second kappa shape index (κ2) is 6.88. The van der Waals surface area contributed by atoms with Crippen LogP contribution in [-0.4, -0.2) is 17.9 Å². The highest BCUT2D eigenvalue weighted by atomic mass is 35.5. The van der Waals surface area contributed by atoms with Gasteiger partial charge in [-0.2, -0.15) is 0 Å². The Balaban J connectivity index is 1.98. The lowest BCUT2D eigenvalue weighted by molar-refractivity contribution is -0.119. The standard InChI is InChI=1S/C19H14ClF2NO3/c1-10(2)26-13-6-3-11(4-7-13)16-17(20)19(25)23(18(16)24)15-9-12(21)5-8-14(15)22/h3-10H,1-2H3. The summed E-state index contributed by atoms with van der Waals surface area (Å²) in [6.07, 6.45) is -0.0233. The first-order valence-corrected chi connectivity index (χ1v) is 8.18. The van der Waals surface area contributed by atoms with E-state index in [1.807, 2.05) is 13.8 Å². The fourth-order valence-electron chi connectivity index (χ4n) is 2.60. The number of anilines is 1. The molecule has 4 nitrogen and oxygen atoms in total. The van der Waals surface area contributed by atoms with Crippen LogP contribution >= 0.6 is 11.6 Å². The van der Waals surface area contributed by atoms with Gasteiger partial charge in [-0.05, 0) is 43.7 Å². The Labute approximate surface area is 153 Å². The van der Waals surface area contributed by atoms with Crippen molar-refractivity contribution >= 4 is 34.7 Å². The molecule has 0 saturated heterocycles. The van der Waals surface area contributed by atoms with E-state index >= 15 is 0 Å². The molecule has 0 spiro atoms. The fraction of sp³-hybridized carbons (Fsp3) is 0.158. The Kier molecular flexibility index (Phi) is 4.78. The summed E-state index contributed by atoms with van der Waals surface area (Å²) in [5, 5.41) is -0.351. The van der Waals surface area contributed by atoms with Gasteiger partial charge in [0.2, 0.25) is 0 Å². The second-order valence-corrected chi connectivity index (χ2v) is 6.30. The molecule has 0 unspecified atom stereocenters. The summed E-state index contributed by atoms with van der Waals surface area (Å²) in [5.41, 5.74) is -0.173. The molecule has 2 aromatic rings. The Morgan fingerprint density at radius 3 is 2.27 bits per heavy atom. The number of hydrogen-bond acceptors (Lipinski definition) is 3. The van der Waals surface area contributed by atoms with Gasteiger partial charge in [0.1, 0.15) is 22.4 Å². The van der Waals surface area contributed by atoms with Gasteiger partial charge >= 0.3 is 0 Å². The molecule has 0 aliphatic carbocycles. The average Bonchev–Trinajstić information content (AvgIpc) is 2.80. The molecular formula is C19H14ClF2NO3. The lowest BCUT2D eigenvalue weighted by atomic mass is 10.1. The van der Waals surface area contributed by atoms with Crippen molar-refractivity contribution in [1.29, 1.82) is 0 Å². The lowest BCUT2D eigenvalue weighted by Crippen LogP contribution is -2.32. The van der Waals surface area contributed by atoms with Crippen molar-refractivity contribution in [1.82, 2.24) is 0 Å².